The lowest BCUT2D eigenvalue weighted by Gasteiger charge is -2.19. The molecule has 0 saturated heterocycles. The summed E-state index contributed by atoms with van der Waals surface area (Å²) in [6, 6.07) is 4.70. The van der Waals surface area contributed by atoms with Crippen molar-refractivity contribution in [3.8, 4) is 5.75 Å². The van der Waals surface area contributed by atoms with Crippen LogP contribution in [0, 0.1) is 0 Å². The highest BCUT2D eigenvalue weighted by Crippen LogP contribution is 2.28. The fourth-order valence-electron chi connectivity index (χ4n) is 1.50. The average Bonchev–Trinajstić information content (AvgIpc) is 2.35. The molecule has 0 aliphatic heterocycles. The lowest BCUT2D eigenvalue weighted by atomic mass is 10.3. The highest BCUT2D eigenvalue weighted by Gasteiger charge is 2.22. The zero-order chi connectivity index (χ0) is 13.8. The highest BCUT2D eigenvalue weighted by atomic mass is 79.9. The molecule has 4 nitrogen and oxygen atoms in total. The van der Waals surface area contributed by atoms with E-state index < -0.39 is 10.0 Å². The topological polar surface area (TPSA) is 46.6 Å². The van der Waals surface area contributed by atoms with Crippen LogP contribution >= 0.6 is 15.9 Å². The number of sulfonamides is 1. The summed E-state index contributed by atoms with van der Waals surface area (Å²) in [5.74, 6) is 0.598. The standard InChI is InChI=1S/C12H16BrNO3S/c1-4-8-14(5-2)18(15,16)10-6-7-12(17-3)11(13)9-10/h4,6-7,9H,1,5,8H2,2-3H3. The predicted octanol–water partition coefficient (Wildman–Crippen LogP) is 2.65. The molecule has 0 fully saturated rings. The molecule has 1 rings (SSSR count). The Morgan fingerprint density at radius 2 is 2.17 bits per heavy atom. The van der Waals surface area contributed by atoms with E-state index in [0.29, 0.717) is 23.3 Å². The minimum absolute atomic E-state index is 0.235. The fourth-order valence-corrected chi connectivity index (χ4v) is 3.64. The smallest absolute Gasteiger partial charge is 0.243 e. The zero-order valence-corrected chi connectivity index (χ0v) is 12.8. The molecule has 0 heterocycles. The van der Waals surface area contributed by atoms with Crippen LogP contribution in [0.3, 0.4) is 0 Å². The summed E-state index contributed by atoms with van der Waals surface area (Å²) in [5.41, 5.74) is 0. The molecule has 0 atom stereocenters. The molecule has 0 saturated carbocycles. The van der Waals surface area contributed by atoms with Crippen LogP contribution in [-0.4, -0.2) is 32.9 Å². The van der Waals surface area contributed by atoms with Crippen molar-refractivity contribution in [2.75, 3.05) is 20.2 Å². The molecular formula is C12H16BrNO3S. The third-order valence-electron chi connectivity index (χ3n) is 2.45. The Morgan fingerprint density at radius 3 is 2.61 bits per heavy atom. The van der Waals surface area contributed by atoms with Crippen molar-refractivity contribution in [1.29, 1.82) is 0 Å². The van der Waals surface area contributed by atoms with Crippen molar-refractivity contribution in [3.63, 3.8) is 0 Å². The van der Waals surface area contributed by atoms with Gasteiger partial charge in [-0.1, -0.05) is 13.0 Å². The third kappa shape index (κ3) is 3.13. The summed E-state index contributed by atoms with van der Waals surface area (Å²) < 4.78 is 31.7. The third-order valence-corrected chi connectivity index (χ3v) is 5.00. The first-order valence-corrected chi connectivity index (χ1v) is 7.65. The van der Waals surface area contributed by atoms with Crippen molar-refractivity contribution in [3.05, 3.63) is 35.3 Å². The minimum atomic E-state index is -3.48. The van der Waals surface area contributed by atoms with Crippen LogP contribution in [0.1, 0.15) is 6.92 Å². The molecule has 0 aliphatic rings. The van der Waals surface area contributed by atoms with Gasteiger partial charge in [-0.15, -0.1) is 6.58 Å². The number of ether oxygens (including phenoxy) is 1. The number of halogens is 1. The Kier molecular flexibility index (Phi) is 5.37. The molecule has 18 heavy (non-hydrogen) atoms. The van der Waals surface area contributed by atoms with Crippen LogP contribution in [0.15, 0.2) is 40.2 Å². The van der Waals surface area contributed by atoms with Crippen LogP contribution in [0.5, 0.6) is 5.75 Å². The largest absolute Gasteiger partial charge is 0.496 e. The number of hydrogen-bond donors (Lipinski definition) is 0. The fraction of sp³-hybridized carbons (Fsp3) is 0.333. The van der Waals surface area contributed by atoms with Gasteiger partial charge < -0.3 is 4.74 Å². The highest BCUT2D eigenvalue weighted by molar-refractivity contribution is 9.10. The number of methoxy groups -OCH3 is 1. The van der Waals surface area contributed by atoms with Crippen molar-refractivity contribution in [1.82, 2.24) is 4.31 Å². The summed E-state index contributed by atoms with van der Waals surface area (Å²) in [7, 11) is -1.95. The van der Waals surface area contributed by atoms with Gasteiger partial charge in [-0.05, 0) is 34.1 Å². The molecule has 0 bridgehead atoms. The summed E-state index contributed by atoms with van der Waals surface area (Å²) in [5, 5.41) is 0. The van der Waals surface area contributed by atoms with E-state index in [1.165, 1.54) is 17.5 Å². The summed E-state index contributed by atoms with van der Waals surface area (Å²) in [4.78, 5) is 0.235. The molecule has 1 aromatic rings. The van der Waals surface area contributed by atoms with E-state index in [4.69, 9.17) is 4.74 Å². The van der Waals surface area contributed by atoms with Crippen LogP contribution in [0.4, 0.5) is 0 Å². The maximum absolute atomic E-state index is 12.3. The molecular weight excluding hydrogens is 318 g/mol. The van der Waals surface area contributed by atoms with E-state index in [0.717, 1.165) is 0 Å². The summed E-state index contributed by atoms with van der Waals surface area (Å²) in [6.07, 6.45) is 1.57. The van der Waals surface area contributed by atoms with E-state index >= 15 is 0 Å². The first-order chi connectivity index (χ1) is 8.47. The van der Waals surface area contributed by atoms with Gasteiger partial charge in [0, 0.05) is 13.1 Å². The van der Waals surface area contributed by atoms with Gasteiger partial charge in [-0.3, -0.25) is 0 Å². The number of hydrogen-bond acceptors (Lipinski definition) is 3. The van der Waals surface area contributed by atoms with Crippen molar-refractivity contribution >= 4 is 26.0 Å². The Hall–Kier alpha value is -0.850. The maximum Gasteiger partial charge on any atom is 0.243 e. The van der Waals surface area contributed by atoms with Gasteiger partial charge in [-0.2, -0.15) is 4.31 Å². The first-order valence-electron chi connectivity index (χ1n) is 5.42. The van der Waals surface area contributed by atoms with Crippen LogP contribution in [-0.2, 0) is 10.0 Å². The van der Waals surface area contributed by atoms with Gasteiger partial charge in [0.05, 0.1) is 16.5 Å². The lowest BCUT2D eigenvalue weighted by Crippen LogP contribution is -2.31. The van der Waals surface area contributed by atoms with Gasteiger partial charge in [0.15, 0.2) is 0 Å². The van der Waals surface area contributed by atoms with Crippen molar-refractivity contribution in [2.24, 2.45) is 0 Å². The SMILES string of the molecule is C=CCN(CC)S(=O)(=O)c1ccc(OC)c(Br)c1. The first kappa shape index (κ1) is 15.2. The monoisotopic (exact) mass is 333 g/mol. The van der Waals surface area contributed by atoms with Crippen LogP contribution in [0.25, 0.3) is 0 Å². The van der Waals surface area contributed by atoms with E-state index in [9.17, 15) is 8.42 Å². The quantitative estimate of drug-likeness (QED) is 0.752. The Balaban J connectivity index is 3.19. The number of nitrogens with zero attached hydrogens (tertiary/aromatic N) is 1. The van der Waals surface area contributed by atoms with Crippen molar-refractivity contribution < 1.29 is 13.2 Å². The maximum atomic E-state index is 12.3. The molecule has 0 N–H and O–H groups in total. The second-order valence-corrected chi connectivity index (χ2v) is 6.33. The number of rotatable bonds is 6. The second kappa shape index (κ2) is 6.36. The van der Waals surface area contributed by atoms with E-state index in [1.54, 1.807) is 25.1 Å². The zero-order valence-electron chi connectivity index (χ0n) is 10.4. The minimum Gasteiger partial charge on any atom is -0.496 e. The molecule has 0 unspecified atom stereocenters. The lowest BCUT2D eigenvalue weighted by molar-refractivity contribution is 0.411. The summed E-state index contributed by atoms with van der Waals surface area (Å²) in [6.45, 7) is 6.05. The van der Waals surface area contributed by atoms with Gasteiger partial charge >= 0.3 is 0 Å². The van der Waals surface area contributed by atoms with E-state index in [2.05, 4.69) is 22.5 Å². The van der Waals surface area contributed by atoms with Crippen LogP contribution < -0.4 is 4.74 Å². The second-order valence-electron chi connectivity index (χ2n) is 3.54. The molecule has 0 spiro atoms. The van der Waals surface area contributed by atoms with Crippen molar-refractivity contribution in [2.45, 2.75) is 11.8 Å². The van der Waals surface area contributed by atoms with E-state index in [1.807, 2.05) is 0 Å². The number of likely N-dealkylation sites (N-methyl/N-ethyl adjacent to an activating group) is 1. The number of benzene rings is 1. The molecule has 1 aromatic carbocycles. The molecule has 0 radical (unpaired) electrons. The van der Waals surface area contributed by atoms with E-state index in [-0.39, 0.29) is 4.90 Å². The normalized spacial score (nSPS) is 11.6. The molecule has 100 valence electrons. The summed E-state index contributed by atoms with van der Waals surface area (Å²) >= 11 is 3.28. The molecule has 0 aliphatic carbocycles. The molecule has 0 aromatic heterocycles. The Bertz CT molecular complexity index is 528. The van der Waals surface area contributed by atoms with Gasteiger partial charge in [0.1, 0.15) is 5.75 Å². The Morgan fingerprint density at radius 1 is 1.50 bits per heavy atom. The molecule has 0 amide bonds. The average molecular weight is 334 g/mol. The predicted molar refractivity (Wildman–Crippen MR) is 75.3 cm³/mol. The van der Waals surface area contributed by atoms with Gasteiger partial charge in [-0.25, -0.2) is 8.42 Å². The Labute approximate surface area is 116 Å². The van der Waals surface area contributed by atoms with Gasteiger partial charge in [0.25, 0.3) is 0 Å². The van der Waals surface area contributed by atoms with Crippen LogP contribution in [0.2, 0.25) is 0 Å². The molecule has 6 heteroatoms. The van der Waals surface area contributed by atoms with Gasteiger partial charge in [0.2, 0.25) is 10.0 Å².